The summed E-state index contributed by atoms with van der Waals surface area (Å²) in [6, 6.07) is 3.49. The standard InChI is InChI=1S/C13H15BrO4/c1-17-11-4-9(5-13(15)16)10(14)6-12(11)18-7-8-2-3-8/h4,6,8H,2-3,5,7H2,1H3,(H,15,16). The molecule has 18 heavy (non-hydrogen) atoms. The van der Waals surface area contributed by atoms with Crippen LogP contribution in [0, 0.1) is 5.92 Å². The van der Waals surface area contributed by atoms with E-state index in [1.807, 2.05) is 0 Å². The van der Waals surface area contributed by atoms with E-state index in [-0.39, 0.29) is 6.42 Å². The molecule has 1 aliphatic carbocycles. The number of carboxylic acid groups (broad SMARTS) is 1. The fourth-order valence-electron chi connectivity index (χ4n) is 1.64. The summed E-state index contributed by atoms with van der Waals surface area (Å²) >= 11 is 3.36. The van der Waals surface area contributed by atoms with Crippen molar-refractivity contribution in [2.45, 2.75) is 19.3 Å². The number of rotatable bonds is 6. The van der Waals surface area contributed by atoms with Gasteiger partial charge in [0.25, 0.3) is 0 Å². The zero-order valence-electron chi connectivity index (χ0n) is 10.1. The number of hydrogen-bond donors (Lipinski definition) is 1. The van der Waals surface area contributed by atoms with Gasteiger partial charge < -0.3 is 14.6 Å². The summed E-state index contributed by atoms with van der Waals surface area (Å²) in [7, 11) is 1.55. The molecule has 0 unspecified atom stereocenters. The first-order valence-corrected chi connectivity index (χ1v) is 6.60. The fraction of sp³-hybridized carbons (Fsp3) is 0.462. The molecule has 0 amide bonds. The van der Waals surface area contributed by atoms with Gasteiger partial charge in [0.1, 0.15) is 0 Å². The topological polar surface area (TPSA) is 55.8 Å². The predicted octanol–water partition coefficient (Wildman–Crippen LogP) is 2.87. The van der Waals surface area contributed by atoms with Crippen molar-refractivity contribution >= 4 is 21.9 Å². The molecule has 1 fully saturated rings. The van der Waals surface area contributed by atoms with Gasteiger partial charge in [0.15, 0.2) is 11.5 Å². The second kappa shape index (κ2) is 5.61. The maximum absolute atomic E-state index is 10.7. The van der Waals surface area contributed by atoms with E-state index in [0.717, 1.165) is 4.47 Å². The van der Waals surface area contributed by atoms with Gasteiger partial charge >= 0.3 is 5.97 Å². The van der Waals surface area contributed by atoms with Crippen LogP contribution in [0.15, 0.2) is 16.6 Å². The highest BCUT2D eigenvalue weighted by molar-refractivity contribution is 9.10. The van der Waals surface area contributed by atoms with Crippen LogP contribution in [-0.4, -0.2) is 24.8 Å². The maximum Gasteiger partial charge on any atom is 0.307 e. The van der Waals surface area contributed by atoms with E-state index in [4.69, 9.17) is 14.6 Å². The van der Waals surface area contributed by atoms with Crippen molar-refractivity contribution < 1.29 is 19.4 Å². The summed E-state index contributed by atoms with van der Waals surface area (Å²) in [6.45, 7) is 0.696. The lowest BCUT2D eigenvalue weighted by Crippen LogP contribution is -2.04. The van der Waals surface area contributed by atoms with Crippen LogP contribution in [0.2, 0.25) is 0 Å². The highest BCUT2D eigenvalue weighted by Crippen LogP contribution is 2.36. The van der Waals surface area contributed by atoms with Crippen LogP contribution < -0.4 is 9.47 Å². The molecule has 0 heterocycles. The maximum atomic E-state index is 10.7. The number of halogens is 1. The van der Waals surface area contributed by atoms with Crippen molar-refractivity contribution in [3.05, 3.63) is 22.2 Å². The highest BCUT2D eigenvalue weighted by atomic mass is 79.9. The minimum Gasteiger partial charge on any atom is -0.493 e. The summed E-state index contributed by atoms with van der Waals surface area (Å²) in [5.41, 5.74) is 0.679. The Hall–Kier alpha value is -1.23. The zero-order chi connectivity index (χ0) is 13.1. The Morgan fingerprint density at radius 3 is 2.72 bits per heavy atom. The third-order valence-corrected chi connectivity index (χ3v) is 3.58. The van der Waals surface area contributed by atoms with E-state index < -0.39 is 5.97 Å². The molecule has 1 aromatic rings. The van der Waals surface area contributed by atoms with Gasteiger partial charge in [-0.25, -0.2) is 0 Å². The molecule has 0 saturated heterocycles. The lowest BCUT2D eigenvalue weighted by atomic mass is 10.1. The van der Waals surface area contributed by atoms with Gasteiger partial charge in [0, 0.05) is 4.47 Å². The van der Waals surface area contributed by atoms with E-state index >= 15 is 0 Å². The smallest absolute Gasteiger partial charge is 0.307 e. The number of methoxy groups -OCH3 is 1. The van der Waals surface area contributed by atoms with Gasteiger partial charge in [-0.15, -0.1) is 0 Å². The molecule has 0 atom stereocenters. The summed E-state index contributed by atoms with van der Waals surface area (Å²) in [5, 5.41) is 8.82. The Balaban J connectivity index is 2.17. The molecule has 0 radical (unpaired) electrons. The molecule has 1 N–H and O–H groups in total. The van der Waals surface area contributed by atoms with Crippen LogP contribution in [0.4, 0.5) is 0 Å². The summed E-state index contributed by atoms with van der Waals surface area (Å²) in [5.74, 6) is 1.03. The number of carboxylic acids is 1. The first kappa shape index (κ1) is 13.2. The highest BCUT2D eigenvalue weighted by Gasteiger charge is 2.23. The molecule has 1 aliphatic rings. The van der Waals surface area contributed by atoms with Crippen molar-refractivity contribution in [3.63, 3.8) is 0 Å². The normalized spacial score (nSPS) is 14.3. The summed E-state index contributed by atoms with van der Waals surface area (Å²) in [4.78, 5) is 10.7. The van der Waals surface area contributed by atoms with E-state index in [1.165, 1.54) is 12.8 Å². The van der Waals surface area contributed by atoms with Gasteiger partial charge in [-0.05, 0) is 36.5 Å². The van der Waals surface area contributed by atoms with Gasteiger partial charge in [0.05, 0.1) is 20.1 Å². The van der Waals surface area contributed by atoms with Crippen LogP contribution in [-0.2, 0) is 11.2 Å². The third-order valence-electron chi connectivity index (χ3n) is 2.85. The average molecular weight is 315 g/mol. The average Bonchev–Trinajstić information content (AvgIpc) is 3.12. The van der Waals surface area contributed by atoms with Crippen molar-refractivity contribution in [2.75, 3.05) is 13.7 Å². The number of hydrogen-bond acceptors (Lipinski definition) is 3. The number of benzene rings is 1. The van der Waals surface area contributed by atoms with Crippen molar-refractivity contribution in [2.24, 2.45) is 5.92 Å². The minimum absolute atomic E-state index is 0.0418. The van der Waals surface area contributed by atoms with E-state index in [2.05, 4.69) is 15.9 Å². The van der Waals surface area contributed by atoms with E-state index in [1.54, 1.807) is 19.2 Å². The number of ether oxygens (including phenoxy) is 2. The number of carbonyl (C=O) groups is 1. The molecule has 4 nitrogen and oxygen atoms in total. The molecule has 1 saturated carbocycles. The van der Waals surface area contributed by atoms with Gasteiger partial charge in [-0.1, -0.05) is 15.9 Å². The van der Waals surface area contributed by atoms with Crippen LogP contribution in [0.25, 0.3) is 0 Å². The molecular formula is C13H15BrO4. The lowest BCUT2D eigenvalue weighted by Gasteiger charge is -2.13. The largest absolute Gasteiger partial charge is 0.493 e. The Labute approximate surface area is 114 Å². The minimum atomic E-state index is -0.871. The van der Waals surface area contributed by atoms with Crippen LogP contribution >= 0.6 is 15.9 Å². The fourth-order valence-corrected chi connectivity index (χ4v) is 2.10. The Kier molecular flexibility index (Phi) is 4.11. The molecule has 2 rings (SSSR count). The van der Waals surface area contributed by atoms with Gasteiger partial charge in [-0.2, -0.15) is 0 Å². The quantitative estimate of drug-likeness (QED) is 0.877. The first-order valence-electron chi connectivity index (χ1n) is 5.81. The van der Waals surface area contributed by atoms with Crippen molar-refractivity contribution in [1.29, 1.82) is 0 Å². The Bertz CT molecular complexity index is 455. The monoisotopic (exact) mass is 314 g/mol. The molecule has 98 valence electrons. The molecule has 0 bridgehead atoms. The molecule has 5 heteroatoms. The van der Waals surface area contributed by atoms with E-state index in [9.17, 15) is 4.79 Å². The summed E-state index contributed by atoms with van der Waals surface area (Å²) in [6.07, 6.45) is 2.40. The van der Waals surface area contributed by atoms with Crippen molar-refractivity contribution in [3.8, 4) is 11.5 Å². The molecule has 0 aliphatic heterocycles. The Morgan fingerprint density at radius 2 is 2.17 bits per heavy atom. The molecular weight excluding hydrogens is 300 g/mol. The lowest BCUT2D eigenvalue weighted by molar-refractivity contribution is -0.136. The van der Waals surface area contributed by atoms with Crippen LogP contribution in [0.3, 0.4) is 0 Å². The third kappa shape index (κ3) is 3.38. The van der Waals surface area contributed by atoms with Gasteiger partial charge in [-0.3, -0.25) is 4.79 Å². The Morgan fingerprint density at radius 1 is 1.44 bits per heavy atom. The van der Waals surface area contributed by atoms with E-state index in [0.29, 0.717) is 29.6 Å². The van der Waals surface area contributed by atoms with Gasteiger partial charge in [0.2, 0.25) is 0 Å². The summed E-state index contributed by atoms with van der Waals surface area (Å²) < 4.78 is 11.7. The first-order chi connectivity index (χ1) is 8.60. The second-order valence-electron chi connectivity index (χ2n) is 4.42. The van der Waals surface area contributed by atoms with Crippen LogP contribution in [0.5, 0.6) is 11.5 Å². The second-order valence-corrected chi connectivity index (χ2v) is 5.27. The number of aliphatic carboxylic acids is 1. The SMILES string of the molecule is COc1cc(CC(=O)O)c(Br)cc1OCC1CC1. The van der Waals surface area contributed by atoms with Crippen LogP contribution in [0.1, 0.15) is 18.4 Å². The molecule has 0 spiro atoms. The predicted molar refractivity (Wildman–Crippen MR) is 70.3 cm³/mol. The molecule has 0 aromatic heterocycles. The zero-order valence-corrected chi connectivity index (χ0v) is 11.7. The van der Waals surface area contributed by atoms with Crippen molar-refractivity contribution in [1.82, 2.24) is 0 Å². The molecule has 1 aromatic carbocycles.